The topological polar surface area (TPSA) is 88.8 Å². The van der Waals surface area contributed by atoms with E-state index in [-0.39, 0.29) is 12.2 Å². The molecular weight excluding hydrogens is 358 g/mol. The zero-order valence-corrected chi connectivity index (χ0v) is 16.1. The summed E-state index contributed by atoms with van der Waals surface area (Å²) in [7, 11) is 1.52. The number of methoxy groups -OCH3 is 1. The van der Waals surface area contributed by atoms with Gasteiger partial charge in [0.2, 0.25) is 0 Å². The molecule has 0 aliphatic rings. The molecule has 0 aliphatic carbocycles. The highest BCUT2D eigenvalue weighted by Crippen LogP contribution is 2.29. The minimum Gasteiger partial charge on any atom is -0.493 e. The number of hydrogen-bond acceptors (Lipinski definition) is 5. The van der Waals surface area contributed by atoms with Crippen LogP contribution in [0, 0.1) is 11.3 Å². The number of hydrogen-bond donors (Lipinski definition) is 1. The van der Waals surface area contributed by atoms with E-state index >= 15 is 0 Å². The molecule has 0 amide bonds. The fourth-order valence-corrected chi connectivity index (χ4v) is 2.46. The fraction of sp³-hybridized carbons (Fsp3) is 0.273. The molecule has 0 spiro atoms. The van der Waals surface area contributed by atoms with Gasteiger partial charge >= 0.3 is 5.97 Å². The van der Waals surface area contributed by atoms with Gasteiger partial charge in [-0.15, -0.1) is 0 Å². The Bertz CT molecular complexity index is 879. The highest BCUT2D eigenvalue weighted by atomic mass is 16.5. The average Bonchev–Trinajstić information content (AvgIpc) is 2.69. The maximum Gasteiger partial charge on any atom is 0.346 e. The number of benzene rings is 2. The number of ether oxygens (including phenoxy) is 3. The number of aliphatic carboxylic acids is 1. The van der Waals surface area contributed by atoms with Crippen LogP contribution in [0.1, 0.15) is 30.9 Å². The molecule has 0 aromatic heterocycles. The largest absolute Gasteiger partial charge is 0.493 e. The maximum atomic E-state index is 11.0. The summed E-state index contributed by atoms with van der Waals surface area (Å²) in [6.45, 7) is 4.88. The molecule has 1 N–H and O–H groups in total. The second kappa shape index (κ2) is 10.0. The SMILES string of the molecule is COc1ccc(C=C(C#N)C(=O)O)cc1OCCOc1ccc(C(C)C)cc1. The van der Waals surface area contributed by atoms with Gasteiger partial charge in [0.25, 0.3) is 0 Å². The van der Waals surface area contributed by atoms with Crippen molar-refractivity contribution in [3.8, 4) is 23.3 Å². The Morgan fingerprint density at radius 2 is 1.79 bits per heavy atom. The van der Waals surface area contributed by atoms with Gasteiger partial charge in [0.15, 0.2) is 11.5 Å². The fourth-order valence-electron chi connectivity index (χ4n) is 2.46. The molecule has 6 heteroatoms. The van der Waals surface area contributed by atoms with Crippen LogP contribution in [0.25, 0.3) is 6.08 Å². The third-order valence-electron chi connectivity index (χ3n) is 4.01. The summed E-state index contributed by atoms with van der Waals surface area (Å²) in [5.74, 6) is 0.897. The first kappa shape index (κ1) is 20.8. The van der Waals surface area contributed by atoms with Gasteiger partial charge in [0.1, 0.15) is 30.6 Å². The summed E-state index contributed by atoms with van der Waals surface area (Å²) >= 11 is 0. The van der Waals surface area contributed by atoms with E-state index in [9.17, 15) is 4.79 Å². The normalized spacial score (nSPS) is 11.0. The monoisotopic (exact) mass is 381 g/mol. The van der Waals surface area contributed by atoms with E-state index in [1.54, 1.807) is 24.3 Å². The first-order valence-electron chi connectivity index (χ1n) is 8.83. The molecule has 6 nitrogen and oxygen atoms in total. The lowest BCUT2D eigenvalue weighted by molar-refractivity contribution is -0.132. The van der Waals surface area contributed by atoms with Crippen molar-refractivity contribution in [2.45, 2.75) is 19.8 Å². The number of rotatable bonds is 9. The smallest absolute Gasteiger partial charge is 0.346 e. The van der Waals surface area contributed by atoms with Crippen molar-refractivity contribution >= 4 is 12.0 Å². The van der Waals surface area contributed by atoms with Crippen LogP contribution < -0.4 is 14.2 Å². The molecule has 0 unspecified atom stereocenters. The molecule has 2 aromatic rings. The molecule has 0 bridgehead atoms. The van der Waals surface area contributed by atoms with E-state index in [1.165, 1.54) is 18.7 Å². The maximum absolute atomic E-state index is 11.0. The Balaban J connectivity index is 1.99. The summed E-state index contributed by atoms with van der Waals surface area (Å²) in [6, 6.07) is 14.5. The lowest BCUT2D eigenvalue weighted by Crippen LogP contribution is -2.09. The Morgan fingerprint density at radius 3 is 2.36 bits per heavy atom. The molecule has 0 saturated carbocycles. The van der Waals surface area contributed by atoms with Crippen molar-refractivity contribution in [1.29, 1.82) is 5.26 Å². The van der Waals surface area contributed by atoms with Crippen molar-refractivity contribution < 1.29 is 24.1 Å². The average molecular weight is 381 g/mol. The van der Waals surface area contributed by atoms with Crippen molar-refractivity contribution in [2.24, 2.45) is 0 Å². The summed E-state index contributed by atoms with van der Waals surface area (Å²) in [5.41, 5.74) is 1.42. The van der Waals surface area contributed by atoms with Crippen molar-refractivity contribution in [2.75, 3.05) is 20.3 Å². The Labute approximate surface area is 164 Å². The summed E-state index contributed by atoms with van der Waals surface area (Å²) in [5, 5.41) is 17.9. The highest BCUT2D eigenvalue weighted by molar-refractivity contribution is 5.96. The van der Waals surface area contributed by atoms with Gasteiger partial charge in [-0.25, -0.2) is 4.79 Å². The van der Waals surface area contributed by atoms with Gasteiger partial charge in [-0.3, -0.25) is 0 Å². The number of carbonyl (C=O) groups is 1. The number of nitriles is 1. The molecule has 0 fully saturated rings. The molecule has 0 atom stereocenters. The quantitative estimate of drug-likeness (QED) is 0.396. The lowest BCUT2D eigenvalue weighted by Gasteiger charge is -2.13. The molecule has 0 radical (unpaired) electrons. The second-order valence-electron chi connectivity index (χ2n) is 6.31. The third-order valence-corrected chi connectivity index (χ3v) is 4.01. The van der Waals surface area contributed by atoms with E-state index < -0.39 is 5.97 Å². The molecule has 28 heavy (non-hydrogen) atoms. The van der Waals surface area contributed by atoms with Crippen LogP contribution in [0.5, 0.6) is 17.2 Å². The van der Waals surface area contributed by atoms with Crippen LogP contribution in [0.3, 0.4) is 0 Å². The van der Waals surface area contributed by atoms with Crippen LogP contribution in [-0.2, 0) is 4.79 Å². The minimum absolute atomic E-state index is 0.277. The number of nitrogens with zero attached hydrogens (tertiary/aromatic N) is 1. The molecular formula is C22H23NO5. The number of carboxylic acid groups (broad SMARTS) is 1. The minimum atomic E-state index is -1.28. The van der Waals surface area contributed by atoms with Crippen LogP contribution in [0.15, 0.2) is 48.0 Å². The highest BCUT2D eigenvalue weighted by Gasteiger charge is 2.09. The van der Waals surface area contributed by atoms with Gasteiger partial charge in [-0.05, 0) is 47.4 Å². The lowest BCUT2D eigenvalue weighted by atomic mass is 10.0. The molecule has 2 aromatic carbocycles. The summed E-state index contributed by atoms with van der Waals surface area (Å²) in [4.78, 5) is 11.0. The van der Waals surface area contributed by atoms with Crippen LogP contribution in [-0.4, -0.2) is 31.4 Å². The molecule has 2 rings (SSSR count). The predicted octanol–water partition coefficient (Wildman–Crippen LogP) is 4.27. The Morgan fingerprint density at radius 1 is 1.11 bits per heavy atom. The van der Waals surface area contributed by atoms with Gasteiger partial charge in [0.05, 0.1) is 7.11 Å². The van der Waals surface area contributed by atoms with Gasteiger partial charge in [-0.2, -0.15) is 5.26 Å². The van der Waals surface area contributed by atoms with Crippen LogP contribution in [0.4, 0.5) is 0 Å². The van der Waals surface area contributed by atoms with Crippen molar-refractivity contribution in [3.05, 3.63) is 59.2 Å². The van der Waals surface area contributed by atoms with Gasteiger partial charge in [0, 0.05) is 0 Å². The van der Waals surface area contributed by atoms with Crippen molar-refractivity contribution in [1.82, 2.24) is 0 Å². The summed E-state index contributed by atoms with van der Waals surface area (Å²) < 4.78 is 16.7. The molecule has 146 valence electrons. The molecule has 0 aliphatic heterocycles. The van der Waals surface area contributed by atoms with E-state index in [1.807, 2.05) is 24.3 Å². The van der Waals surface area contributed by atoms with Crippen LogP contribution in [0.2, 0.25) is 0 Å². The van der Waals surface area contributed by atoms with Crippen LogP contribution >= 0.6 is 0 Å². The predicted molar refractivity (Wildman–Crippen MR) is 106 cm³/mol. The molecule has 0 saturated heterocycles. The van der Waals surface area contributed by atoms with Gasteiger partial charge < -0.3 is 19.3 Å². The number of carboxylic acids is 1. The first-order chi connectivity index (χ1) is 13.4. The summed E-state index contributed by atoms with van der Waals surface area (Å²) in [6.07, 6.45) is 1.28. The standard InChI is InChI=1S/C22H23NO5/c1-15(2)17-5-7-19(8-6-17)27-10-11-28-21-13-16(4-9-20(21)26-3)12-18(14-23)22(24)25/h4-9,12-13,15H,10-11H2,1-3H3,(H,24,25). The van der Waals surface area contributed by atoms with Crippen molar-refractivity contribution in [3.63, 3.8) is 0 Å². The van der Waals surface area contributed by atoms with Gasteiger partial charge in [-0.1, -0.05) is 32.0 Å². The third kappa shape index (κ3) is 5.78. The zero-order chi connectivity index (χ0) is 20.5. The first-order valence-corrected chi connectivity index (χ1v) is 8.83. The van der Waals surface area contributed by atoms with E-state index in [4.69, 9.17) is 24.6 Å². The Kier molecular flexibility index (Phi) is 7.46. The second-order valence-corrected chi connectivity index (χ2v) is 6.31. The van der Waals surface area contributed by atoms with E-state index in [2.05, 4.69) is 13.8 Å². The zero-order valence-electron chi connectivity index (χ0n) is 16.1. The Hall–Kier alpha value is -3.46. The van der Waals surface area contributed by atoms with E-state index in [0.717, 1.165) is 5.75 Å². The molecule has 0 heterocycles. The van der Waals surface area contributed by atoms with E-state index in [0.29, 0.717) is 29.6 Å².